The van der Waals surface area contributed by atoms with Gasteiger partial charge in [-0.05, 0) is 30.5 Å². The largest absolute Gasteiger partial charge is 0.356 e. The van der Waals surface area contributed by atoms with Crippen LogP contribution in [-0.2, 0) is 9.59 Å². The Hall–Kier alpha value is -1.62. The van der Waals surface area contributed by atoms with Gasteiger partial charge in [0.1, 0.15) is 5.82 Å². The molecule has 22 heavy (non-hydrogen) atoms. The predicted octanol–water partition coefficient (Wildman–Crippen LogP) is 2.99. The smallest absolute Gasteiger partial charge is 0.227 e. The van der Waals surface area contributed by atoms with E-state index in [1.165, 1.54) is 23.1 Å². The maximum Gasteiger partial charge on any atom is 0.227 e. The Morgan fingerprint density at radius 3 is 2.86 bits per heavy atom. The van der Waals surface area contributed by atoms with Crippen molar-refractivity contribution in [2.45, 2.75) is 26.7 Å². The van der Waals surface area contributed by atoms with E-state index in [2.05, 4.69) is 19.2 Å². The quantitative estimate of drug-likeness (QED) is 0.904. The molecule has 1 aliphatic heterocycles. The van der Waals surface area contributed by atoms with Gasteiger partial charge in [-0.1, -0.05) is 25.4 Å². The fourth-order valence-electron chi connectivity index (χ4n) is 2.41. The van der Waals surface area contributed by atoms with Gasteiger partial charge in [-0.25, -0.2) is 4.39 Å². The van der Waals surface area contributed by atoms with Crippen LogP contribution in [0.4, 0.5) is 10.1 Å². The van der Waals surface area contributed by atoms with Gasteiger partial charge in [-0.2, -0.15) is 0 Å². The maximum atomic E-state index is 13.2. The first-order valence-corrected chi connectivity index (χ1v) is 7.79. The number of rotatable bonds is 5. The monoisotopic (exact) mass is 326 g/mol. The van der Waals surface area contributed by atoms with Crippen molar-refractivity contribution in [3.8, 4) is 0 Å². The summed E-state index contributed by atoms with van der Waals surface area (Å²) >= 11 is 5.74. The summed E-state index contributed by atoms with van der Waals surface area (Å²) in [4.78, 5) is 25.7. The number of anilines is 1. The Balaban J connectivity index is 1.98. The number of halogens is 2. The summed E-state index contributed by atoms with van der Waals surface area (Å²) in [5, 5.41) is 2.83. The Morgan fingerprint density at radius 2 is 2.23 bits per heavy atom. The molecule has 2 rings (SSSR count). The summed E-state index contributed by atoms with van der Waals surface area (Å²) in [5.74, 6) is -0.636. The molecule has 1 aliphatic rings. The Labute approximate surface area is 134 Å². The minimum atomic E-state index is -0.528. The first-order valence-electron chi connectivity index (χ1n) is 7.41. The Bertz CT molecular complexity index is 577. The van der Waals surface area contributed by atoms with Crippen LogP contribution in [0.2, 0.25) is 5.02 Å². The molecule has 0 aliphatic carbocycles. The van der Waals surface area contributed by atoms with Gasteiger partial charge >= 0.3 is 0 Å². The lowest BCUT2D eigenvalue weighted by Crippen LogP contribution is -2.33. The zero-order chi connectivity index (χ0) is 16.3. The van der Waals surface area contributed by atoms with Crippen molar-refractivity contribution in [3.63, 3.8) is 0 Å². The number of carbonyl (C=O) groups excluding carboxylic acids is 2. The minimum absolute atomic E-state index is 0.0323. The standard InChI is InChI=1S/C16H20ClFN2O2/c1-10(2)5-6-19-16(22)11-7-15(21)20(9-11)12-3-4-14(18)13(17)8-12/h3-4,8,10-11H,5-7,9H2,1-2H3,(H,19,22)/t11-/m1/s1. The van der Waals surface area contributed by atoms with E-state index in [-0.39, 0.29) is 29.2 Å². The molecule has 1 aromatic carbocycles. The number of nitrogens with one attached hydrogen (secondary N) is 1. The van der Waals surface area contributed by atoms with E-state index in [9.17, 15) is 14.0 Å². The van der Waals surface area contributed by atoms with Gasteiger partial charge in [0.05, 0.1) is 10.9 Å². The van der Waals surface area contributed by atoms with Gasteiger partial charge in [-0.3, -0.25) is 9.59 Å². The molecule has 1 heterocycles. The fraction of sp³-hybridized carbons (Fsp3) is 0.500. The number of hydrogen-bond donors (Lipinski definition) is 1. The van der Waals surface area contributed by atoms with Crippen molar-refractivity contribution < 1.29 is 14.0 Å². The van der Waals surface area contributed by atoms with Crippen LogP contribution in [0, 0.1) is 17.7 Å². The lowest BCUT2D eigenvalue weighted by Gasteiger charge is -2.17. The van der Waals surface area contributed by atoms with E-state index in [1.807, 2.05) is 0 Å². The number of nitrogens with zero attached hydrogens (tertiary/aromatic N) is 1. The summed E-state index contributed by atoms with van der Waals surface area (Å²) in [5.41, 5.74) is 0.522. The molecule has 0 bridgehead atoms. The first kappa shape index (κ1) is 16.7. The van der Waals surface area contributed by atoms with Gasteiger partial charge in [0.2, 0.25) is 11.8 Å². The van der Waals surface area contributed by atoms with E-state index >= 15 is 0 Å². The average Bonchev–Trinajstić information content (AvgIpc) is 2.83. The van der Waals surface area contributed by atoms with Gasteiger partial charge in [0.25, 0.3) is 0 Å². The van der Waals surface area contributed by atoms with Crippen LogP contribution in [0.15, 0.2) is 18.2 Å². The molecular weight excluding hydrogens is 307 g/mol. The molecule has 0 unspecified atom stereocenters. The highest BCUT2D eigenvalue weighted by Gasteiger charge is 2.35. The Morgan fingerprint density at radius 1 is 1.50 bits per heavy atom. The summed E-state index contributed by atoms with van der Waals surface area (Å²) in [6, 6.07) is 4.13. The lowest BCUT2D eigenvalue weighted by atomic mass is 10.1. The first-order chi connectivity index (χ1) is 10.4. The van der Waals surface area contributed by atoms with Crippen LogP contribution in [0.3, 0.4) is 0 Å². The lowest BCUT2D eigenvalue weighted by molar-refractivity contribution is -0.126. The zero-order valence-electron chi connectivity index (χ0n) is 12.7. The predicted molar refractivity (Wildman–Crippen MR) is 84.3 cm³/mol. The van der Waals surface area contributed by atoms with E-state index < -0.39 is 5.82 Å². The summed E-state index contributed by atoms with van der Waals surface area (Å²) in [7, 11) is 0. The van der Waals surface area contributed by atoms with Crippen LogP contribution < -0.4 is 10.2 Å². The molecule has 0 aromatic heterocycles. The zero-order valence-corrected chi connectivity index (χ0v) is 13.5. The molecule has 6 heteroatoms. The minimum Gasteiger partial charge on any atom is -0.356 e. The van der Waals surface area contributed by atoms with Crippen LogP contribution in [0.25, 0.3) is 0 Å². The van der Waals surface area contributed by atoms with Crippen molar-refractivity contribution >= 4 is 29.1 Å². The summed E-state index contributed by atoms with van der Waals surface area (Å²) < 4.78 is 13.2. The van der Waals surface area contributed by atoms with Crippen LogP contribution in [0.5, 0.6) is 0 Å². The van der Waals surface area contributed by atoms with Gasteiger partial charge < -0.3 is 10.2 Å². The summed E-state index contributed by atoms with van der Waals surface area (Å²) in [6.45, 7) is 5.09. The topological polar surface area (TPSA) is 49.4 Å². The van der Waals surface area contributed by atoms with Crippen LogP contribution in [-0.4, -0.2) is 24.9 Å². The molecule has 0 saturated carbocycles. The van der Waals surface area contributed by atoms with Crippen molar-refractivity contribution in [2.24, 2.45) is 11.8 Å². The average molecular weight is 327 g/mol. The molecular formula is C16H20ClFN2O2. The third kappa shape index (κ3) is 3.97. The second kappa shape index (κ2) is 7.09. The second-order valence-corrected chi connectivity index (χ2v) is 6.38. The number of amides is 2. The van der Waals surface area contributed by atoms with Gasteiger partial charge in [0, 0.05) is 25.2 Å². The number of benzene rings is 1. The molecule has 1 saturated heterocycles. The van der Waals surface area contributed by atoms with E-state index in [4.69, 9.17) is 11.6 Å². The molecule has 1 aromatic rings. The normalized spacial score (nSPS) is 18.1. The van der Waals surface area contributed by atoms with Crippen molar-refractivity contribution in [3.05, 3.63) is 29.0 Å². The molecule has 4 nitrogen and oxygen atoms in total. The van der Waals surface area contributed by atoms with Crippen molar-refractivity contribution in [1.29, 1.82) is 0 Å². The highest BCUT2D eigenvalue weighted by atomic mass is 35.5. The van der Waals surface area contributed by atoms with Crippen LogP contribution in [0.1, 0.15) is 26.7 Å². The molecule has 0 radical (unpaired) electrons. The number of hydrogen-bond acceptors (Lipinski definition) is 2. The fourth-order valence-corrected chi connectivity index (χ4v) is 2.59. The summed E-state index contributed by atoms with van der Waals surface area (Å²) in [6.07, 6.45) is 1.08. The third-order valence-corrected chi connectivity index (χ3v) is 4.02. The van der Waals surface area contributed by atoms with Crippen LogP contribution >= 0.6 is 11.6 Å². The number of carbonyl (C=O) groups is 2. The highest BCUT2D eigenvalue weighted by Crippen LogP contribution is 2.28. The maximum absolute atomic E-state index is 13.2. The second-order valence-electron chi connectivity index (χ2n) is 5.98. The highest BCUT2D eigenvalue weighted by molar-refractivity contribution is 6.31. The molecule has 1 atom stereocenters. The van der Waals surface area contributed by atoms with Gasteiger partial charge in [-0.15, -0.1) is 0 Å². The molecule has 1 fully saturated rings. The van der Waals surface area contributed by atoms with Crippen molar-refractivity contribution in [1.82, 2.24) is 5.32 Å². The third-order valence-electron chi connectivity index (χ3n) is 3.73. The Kier molecular flexibility index (Phi) is 5.40. The molecule has 2 amide bonds. The van der Waals surface area contributed by atoms with Crippen molar-refractivity contribution in [2.75, 3.05) is 18.0 Å². The van der Waals surface area contributed by atoms with E-state index in [0.29, 0.717) is 24.7 Å². The van der Waals surface area contributed by atoms with E-state index in [1.54, 1.807) is 0 Å². The molecule has 1 N–H and O–H groups in total. The van der Waals surface area contributed by atoms with Gasteiger partial charge in [0.15, 0.2) is 0 Å². The van der Waals surface area contributed by atoms with E-state index in [0.717, 1.165) is 6.42 Å². The molecule has 120 valence electrons. The molecule has 0 spiro atoms. The SMILES string of the molecule is CC(C)CCNC(=O)[C@@H]1CC(=O)N(c2ccc(F)c(Cl)c2)C1.